The fraction of sp³-hybridized carbons (Fsp3) is 0.520. The standard InChI is InChI=1S/C25H32O6/c1-14-7-16-18(22(26-3)10-24(28-5)20(16)12-30-14)9-19-17-8-15(2)31-13-21(17)25(29-6)11-23(19)27-4/h10-11,14-15H,7-9,12-13H2,1-6H3. The van der Waals surface area contributed by atoms with Crippen LogP contribution in [0.5, 0.6) is 23.0 Å². The minimum atomic E-state index is 0.142. The lowest BCUT2D eigenvalue weighted by Crippen LogP contribution is -2.23. The zero-order valence-electron chi connectivity index (χ0n) is 19.3. The summed E-state index contributed by atoms with van der Waals surface area (Å²) in [5.74, 6) is 3.29. The first-order chi connectivity index (χ1) is 15.0. The second kappa shape index (κ2) is 8.97. The van der Waals surface area contributed by atoms with Gasteiger partial charge in [0.15, 0.2) is 0 Å². The summed E-state index contributed by atoms with van der Waals surface area (Å²) in [7, 11) is 6.81. The van der Waals surface area contributed by atoms with Crippen molar-refractivity contribution < 1.29 is 28.4 Å². The molecule has 2 unspecified atom stereocenters. The molecule has 6 nitrogen and oxygen atoms in total. The predicted molar refractivity (Wildman–Crippen MR) is 118 cm³/mol. The lowest BCUT2D eigenvalue weighted by Gasteiger charge is -2.30. The highest BCUT2D eigenvalue weighted by molar-refractivity contribution is 5.60. The van der Waals surface area contributed by atoms with Gasteiger partial charge in [-0.05, 0) is 37.8 Å². The van der Waals surface area contributed by atoms with Crippen molar-refractivity contribution in [3.63, 3.8) is 0 Å². The summed E-state index contributed by atoms with van der Waals surface area (Å²) in [5, 5.41) is 0. The van der Waals surface area contributed by atoms with Crippen molar-refractivity contribution in [3.8, 4) is 23.0 Å². The van der Waals surface area contributed by atoms with Gasteiger partial charge in [-0.1, -0.05) is 0 Å². The zero-order valence-corrected chi connectivity index (χ0v) is 19.3. The molecule has 2 heterocycles. The van der Waals surface area contributed by atoms with Crippen molar-refractivity contribution in [2.45, 2.75) is 58.5 Å². The lowest BCUT2D eigenvalue weighted by atomic mass is 9.85. The van der Waals surface area contributed by atoms with E-state index < -0.39 is 0 Å². The van der Waals surface area contributed by atoms with Crippen LogP contribution in [0, 0.1) is 0 Å². The van der Waals surface area contributed by atoms with E-state index in [2.05, 4.69) is 13.8 Å². The third-order valence-corrected chi connectivity index (χ3v) is 6.41. The highest BCUT2D eigenvalue weighted by atomic mass is 16.5. The fourth-order valence-electron chi connectivity index (χ4n) is 4.79. The summed E-state index contributed by atoms with van der Waals surface area (Å²) >= 11 is 0. The van der Waals surface area contributed by atoms with E-state index >= 15 is 0 Å². The SMILES string of the molecule is COc1cc(OC)c(Cc2c(OC)cc(OC)c3c2CC(C)OC3)c2c1COC(C)C2. The number of hydrogen-bond acceptors (Lipinski definition) is 6. The van der Waals surface area contributed by atoms with Crippen LogP contribution < -0.4 is 18.9 Å². The van der Waals surface area contributed by atoms with Crippen molar-refractivity contribution in [3.05, 3.63) is 45.5 Å². The molecule has 0 amide bonds. The second-order valence-electron chi connectivity index (χ2n) is 8.26. The third kappa shape index (κ3) is 3.94. The maximum Gasteiger partial charge on any atom is 0.128 e. The van der Waals surface area contributed by atoms with Gasteiger partial charge in [-0.15, -0.1) is 0 Å². The number of benzene rings is 2. The summed E-state index contributed by atoms with van der Waals surface area (Å²) in [6.45, 7) is 5.29. The first-order valence-electron chi connectivity index (χ1n) is 10.7. The number of rotatable bonds is 6. The Kier molecular flexibility index (Phi) is 6.30. The Hall–Kier alpha value is -2.44. The largest absolute Gasteiger partial charge is 0.496 e. The number of ether oxygens (including phenoxy) is 6. The van der Waals surface area contributed by atoms with Crippen LogP contribution >= 0.6 is 0 Å². The zero-order chi connectivity index (χ0) is 22.1. The van der Waals surface area contributed by atoms with Gasteiger partial charge in [-0.3, -0.25) is 0 Å². The molecular formula is C25H32O6. The quantitative estimate of drug-likeness (QED) is 0.686. The summed E-state index contributed by atoms with van der Waals surface area (Å²) in [4.78, 5) is 0. The summed E-state index contributed by atoms with van der Waals surface area (Å²) in [6, 6.07) is 3.95. The average molecular weight is 429 g/mol. The topological polar surface area (TPSA) is 55.4 Å². The Balaban J connectivity index is 1.90. The molecule has 0 aliphatic carbocycles. The van der Waals surface area contributed by atoms with Gasteiger partial charge in [-0.2, -0.15) is 0 Å². The minimum absolute atomic E-state index is 0.142. The maximum absolute atomic E-state index is 5.93. The normalized spacial score (nSPS) is 19.9. The van der Waals surface area contributed by atoms with Crippen LogP contribution in [0.25, 0.3) is 0 Å². The first kappa shape index (κ1) is 21.8. The number of hydrogen-bond donors (Lipinski definition) is 0. The molecule has 31 heavy (non-hydrogen) atoms. The van der Waals surface area contributed by atoms with E-state index in [1.54, 1.807) is 28.4 Å². The van der Waals surface area contributed by atoms with Gasteiger partial charge in [0.1, 0.15) is 23.0 Å². The molecular weight excluding hydrogens is 396 g/mol. The van der Waals surface area contributed by atoms with E-state index in [1.807, 2.05) is 12.1 Å². The van der Waals surface area contributed by atoms with E-state index in [9.17, 15) is 0 Å². The molecule has 0 fully saturated rings. The van der Waals surface area contributed by atoms with Crippen LogP contribution in [0.2, 0.25) is 0 Å². The van der Waals surface area contributed by atoms with Crippen molar-refractivity contribution >= 4 is 0 Å². The van der Waals surface area contributed by atoms with Gasteiger partial charge in [0.05, 0.1) is 53.9 Å². The van der Waals surface area contributed by atoms with Gasteiger partial charge in [-0.25, -0.2) is 0 Å². The smallest absolute Gasteiger partial charge is 0.128 e. The summed E-state index contributed by atoms with van der Waals surface area (Å²) in [5.41, 5.74) is 7.05. The van der Waals surface area contributed by atoms with Gasteiger partial charge < -0.3 is 28.4 Å². The molecule has 2 atom stereocenters. The fourth-order valence-corrected chi connectivity index (χ4v) is 4.79. The monoisotopic (exact) mass is 428 g/mol. The average Bonchev–Trinajstić information content (AvgIpc) is 2.78. The van der Waals surface area contributed by atoms with Crippen molar-refractivity contribution in [1.82, 2.24) is 0 Å². The molecule has 0 radical (unpaired) electrons. The summed E-state index contributed by atoms with van der Waals surface area (Å²) in [6.07, 6.45) is 2.62. The molecule has 0 N–H and O–H groups in total. The van der Waals surface area contributed by atoms with Crippen LogP contribution in [0.4, 0.5) is 0 Å². The molecule has 0 saturated carbocycles. The van der Waals surface area contributed by atoms with Crippen molar-refractivity contribution in [2.24, 2.45) is 0 Å². The molecule has 168 valence electrons. The number of methoxy groups -OCH3 is 4. The predicted octanol–water partition coefficient (Wildman–Crippen LogP) is 4.23. The van der Waals surface area contributed by atoms with Crippen molar-refractivity contribution in [2.75, 3.05) is 28.4 Å². The maximum atomic E-state index is 5.93. The third-order valence-electron chi connectivity index (χ3n) is 6.41. The minimum Gasteiger partial charge on any atom is -0.496 e. The Morgan fingerprint density at radius 1 is 0.645 bits per heavy atom. The molecule has 2 aromatic rings. The highest BCUT2D eigenvalue weighted by Gasteiger charge is 2.29. The Bertz CT molecular complexity index is 890. The first-order valence-corrected chi connectivity index (χ1v) is 10.7. The lowest BCUT2D eigenvalue weighted by molar-refractivity contribution is 0.0389. The molecule has 0 spiro atoms. The molecule has 2 aliphatic rings. The highest BCUT2D eigenvalue weighted by Crippen LogP contribution is 2.43. The van der Waals surface area contributed by atoms with Gasteiger partial charge in [0.25, 0.3) is 0 Å². The molecule has 2 aromatic carbocycles. The van der Waals surface area contributed by atoms with Crippen LogP contribution in [-0.4, -0.2) is 40.6 Å². The van der Waals surface area contributed by atoms with E-state index in [-0.39, 0.29) is 12.2 Å². The molecule has 0 aromatic heterocycles. The van der Waals surface area contributed by atoms with Gasteiger partial charge in [0.2, 0.25) is 0 Å². The van der Waals surface area contributed by atoms with Gasteiger partial charge in [0, 0.05) is 40.8 Å². The molecule has 0 bridgehead atoms. The van der Waals surface area contributed by atoms with E-state index in [0.29, 0.717) is 19.6 Å². The van der Waals surface area contributed by atoms with Crippen LogP contribution in [0.15, 0.2) is 12.1 Å². The molecule has 4 rings (SSSR count). The van der Waals surface area contributed by atoms with E-state index in [4.69, 9.17) is 28.4 Å². The second-order valence-corrected chi connectivity index (χ2v) is 8.26. The van der Waals surface area contributed by atoms with E-state index in [1.165, 1.54) is 22.3 Å². The van der Waals surface area contributed by atoms with Crippen LogP contribution in [-0.2, 0) is 41.9 Å². The molecule has 0 saturated heterocycles. The van der Waals surface area contributed by atoms with E-state index in [0.717, 1.165) is 47.0 Å². The Morgan fingerprint density at radius 3 is 1.39 bits per heavy atom. The Labute approximate surface area is 184 Å². The Morgan fingerprint density at radius 2 is 1.03 bits per heavy atom. The number of fused-ring (bicyclic) bond motifs is 2. The van der Waals surface area contributed by atoms with Gasteiger partial charge >= 0.3 is 0 Å². The molecule has 6 heteroatoms. The molecule has 2 aliphatic heterocycles. The van der Waals surface area contributed by atoms with Crippen LogP contribution in [0.3, 0.4) is 0 Å². The van der Waals surface area contributed by atoms with Crippen molar-refractivity contribution in [1.29, 1.82) is 0 Å². The summed E-state index contributed by atoms with van der Waals surface area (Å²) < 4.78 is 34.8. The van der Waals surface area contributed by atoms with Crippen LogP contribution in [0.1, 0.15) is 47.2 Å².